The van der Waals surface area contributed by atoms with Crippen molar-refractivity contribution in [3.63, 3.8) is 0 Å². The summed E-state index contributed by atoms with van der Waals surface area (Å²) in [5.74, 6) is 0.813. The first-order valence-corrected chi connectivity index (χ1v) is 8.33. The van der Waals surface area contributed by atoms with Crippen LogP contribution in [0.15, 0.2) is 23.9 Å². The summed E-state index contributed by atoms with van der Waals surface area (Å²) in [7, 11) is -0.496. The van der Waals surface area contributed by atoms with E-state index >= 15 is 0 Å². The third-order valence-corrected chi connectivity index (χ3v) is 4.83. The molecule has 0 aliphatic heterocycles. The molecule has 18 heavy (non-hydrogen) atoms. The first-order valence-electron chi connectivity index (χ1n) is 6.63. The Morgan fingerprint density at radius 1 is 1.44 bits per heavy atom. The molecule has 0 saturated heterocycles. The van der Waals surface area contributed by atoms with Crippen molar-refractivity contribution in [2.45, 2.75) is 33.1 Å². The Morgan fingerprint density at radius 2 is 2.22 bits per heavy atom. The van der Waals surface area contributed by atoms with Gasteiger partial charge in [-0.05, 0) is 57.5 Å². The maximum atomic E-state index is 5.96. The number of pyridine rings is 1. The zero-order valence-electron chi connectivity index (χ0n) is 11.5. The van der Waals surface area contributed by atoms with Crippen LogP contribution in [-0.4, -0.2) is 18.3 Å². The van der Waals surface area contributed by atoms with E-state index in [1.165, 1.54) is 30.1 Å². The fourth-order valence-electron chi connectivity index (χ4n) is 1.92. The Labute approximate surface area is 111 Å². The molecular formula is C15H22NOP. The quantitative estimate of drug-likeness (QED) is 0.750. The van der Waals surface area contributed by atoms with Gasteiger partial charge in [-0.3, -0.25) is 4.98 Å². The molecule has 3 heteroatoms. The molecule has 2 nitrogen and oxygen atoms in total. The lowest BCUT2D eigenvalue weighted by atomic mass is 9.86. The van der Waals surface area contributed by atoms with Crippen LogP contribution in [0, 0.1) is 5.92 Å². The predicted molar refractivity (Wildman–Crippen MR) is 79.3 cm³/mol. The molecule has 1 fully saturated rings. The van der Waals surface area contributed by atoms with Gasteiger partial charge >= 0.3 is 0 Å². The van der Waals surface area contributed by atoms with Crippen LogP contribution in [0.1, 0.15) is 38.8 Å². The topological polar surface area (TPSA) is 22.1 Å². The summed E-state index contributed by atoms with van der Waals surface area (Å²) in [5.41, 5.74) is 2.30. The first kappa shape index (κ1) is 13.7. The number of allylic oxidation sites excluding steroid dienone is 1. The van der Waals surface area contributed by atoms with Crippen LogP contribution in [-0.2, 0) is 4.52 Å². The van der Waals surface area contributed by atoms with Crippen molar-refractivity contribution in [3.05, 3.63) is 29.6 Å². The average molecular weight is 263 g/mol. The van der Waals surface area contributed by atoms with Crippen LogP contribution < -0.4 is 5.30 Å². The van der Waals surface area contributed by atoms with E-state index in [9.17, 15) is 0 Å². The first-order chi connectivity index (χ1) is 8.65. The standard InChI is InChI=1S/C15H22NOP/c1-12(2)9-14-7-8-15(10-16-14)18(3)17-11-13-5-4-6-13/h7-10,13H,4-6,11H2,1-3H3. The number of nitrogens with zero attached hydrogens (tertiary/aromatic N) is 1. The highest BCUT2D eigenvalue weighted by Crippen LogP contribution is 2.35. The fourth-order valence-corrected chi connectivity index (χ4v) is 3.00. The summed E-state index contributed by atoms with van der Waals surface area (Å²) < 4.78 is 5.96. The SMILES string of the molecule is CC(C)=Cc1ccc(P(C)OCC2CCC2)cn1. The highest BCUT2D eigenvalue weighted by molar-refractivity contribution is 7.60. The summed E-state index contributed by atoms with van der Waals surface area (Å²) in [5, 5.41) is 1.23. The largest absolute Gasteiger partial charge is 0.354 e. The number of aromatic nitrogens is 1. The van der Waals surface area contributed by atoms with Crippen molar-refractivity contribution in [3.8, 4) is 0 Å². The summed E-state index contributed by atoms with van der Waals surface area (Å²) in [6.07, 6.45) is 8.13. The molecule has 1 atom stereocenters. The lowest BCUT2D eigenvalue weighted by Crippen LogP contribution is -2.17. The molecule has 1 unspecified atom stereocenters. The molecule has 0 bridgehead atoms. The van der Waals surface area contributed by atoms with Gasteiger partial charge in [-0.25, -0.2) is 0 Å². The summed E-state index contributed by atoms with van der Waals surface area (Å²) in [6, 6.07) is 4.22. The molecule has 1 aromatic rings. The van der Waals surface area contributed by atoms with E-state index in [0.717, 1.165) is 18.2 Å². The molecule has 1 aliphatic rings. The van der Waals surface area contributed by atoms with Gasteiger partial charge in [0.2, 0.25) is 0 Å². The molecule has 0 spiro atoms. The lowest BCUT2D eigenvalue weighted by Gasteiger charge is -2.26. The van der Waals surface area contributed by atoms with E-state index in [-0.39, 0.29) is 0 Å². The number of hydrogen-bond acceptors (Lipinski definition) is 2. The number of hydrogen-bond donors (Lipinski definition) is 0. The van der Waals surface area contributed by atoms with Crippen LogP contribution in [0.5, 0.6) is 0 Å². The van der Waals surface area contributed by atoms with Crippen LogP contribution in [0.25, 0.3) is 6.08 Å². The highest BCUT2D eigenvalue weighted by atomic mass is 31.1. The molecule has 0 amide bonds. The lowest BCUT2D eigenvalue weighted by molar-refractivity contribution is 0.196. The van der Waals surface area contributed by atoms with Gasteiger partial charge in [0.1, 0.15) is 0 Å². The Bertz CT molecular complexity index is 405. The molecule has 98 valence electrons. The van der Waals surface area contributed by atoms with Crippen LogP contribution in [0.3, 0.4) is 0 Å². The fraction of sp³-hybridized carbons (Fsp3) is 0.533. The smallest absolute Gasteiger partial charge is 0.0629 e. The van der Waals surface area contributed by atoms with E-state index < -0.39 is 8.15 Å². The van der Waals surface area contributed by atoms with E-state index in [0.29, 0.717) is 0 Å². The van der Waals surface area contributed by atoms with Gasteiger partial charge < -0.3 is 4.52 Å². The van der Waals surface area contributed by atoms with Gasteiger partial charge in [0.25, 0.3) is 0 Å². The zero-order valence-corrected chi connectivity index (χ0v) is 12.4. The van der Waals surface area contributed by atoms with Crippen molar-refractivity contribution in [1.82, 2.24) is 4.98 Å². The molecule has 1 saturated carbocycles. The van der Waals surface area contributed by atoms with Gasteiger partial charge in [0.15, 0.2) is 0 Å². The second kappa shape index (κ2) is 6.45. The minimum Gasteiger partial charge on any atom is -0.354 e. The maximum absolute atomic E-state index is 5.96. The Morgan fingerprint density at radius 3 is 2.72 bits per heavy atom. The van der Waals surface area contributed by atoms with Crippen molar-refractivity contribution in [1.29, 1.82) is 0 Å². The zero-order chi connectivity index (χ0) is 13.0. The minimum absolute atomic E-state index is 0.496. The van der Waals surface area contributed by atoms with E-state index in [4.69, 9.17) is 4.52 Å². The van der Waals surface area contributed by atoms with Crippen molar-refractivity contribution in [2.24, 2.45) is 5.92 Å². The second-order valence-electron chi connectivity index (χ2n) is 5.25. The average Bonchev–Trinajstić information content (AvgIpc) is 2.27. The Balaban J connectivity index is 1.89. The monoisotopic (exact) mass is 263 g/mol. The molecule has 1 heterocycles. The molecule has 0 radical (unpaired) electrons. The normalized spacial score (nSPS) is 17.1. The van der Waals surface area contributed by atoms with Gasteiger partial charge in [0.05, 0.1) is 20.4 Å². The molecule has 0 N–H and O–H groups in total. The Kier molecular flexibility index (Phi) is 4.91. The van der Waals surface area contributed by atoms with E-state index in [1.54, 1.807) is 0 Å². The molecule has 1 aliphatic carbocycles. The van der Waals surface area contributed by atoms with Crippen LogP contribution in [0.2, 0.25) is 0 Å². The molecule has 1 aromatic heterocycles. The van der Waals surface area contributed by atoms with Crippen LogP contribution >= 0.6 is 8.15 Å². The van der Waals surface area contributed by atoms with E-state index in [1.807, 2.05) is 6.20 Å². The van der Waals surface area contributed by atoms with Crippen molar-refractivity contribution in [2.75, 3.05) is 13.3 Å². The molecular weight excluding hydrogens is 241 g/mol. The Hall–Kier alpha value is -0.720. The molecule has 2 rings (SSSR count). The summed E-state index contributed by atoms with van der Waals surface area (Å²) >= 11 is 0. The summed E-state index contributed by atoms with van der Waals surface area (Å²) in [4.78, 5) is 4.46. The van der Waals surface area contributed by atoms with Gasteiger partial charge in [0, 0.05) is 11.5 Å². The number of rotatable bonds is 5. The maximum Gasteiger partial charge on any atom is 0.0629 e. The predicted octanol–water partition coefficient (Wildman–Crippen LogP) is 3.97. The van der Waals surface area contributed by atoms with Crippen LogP contribution in [0.4, 0.5) is 0 Å². The minimum atomic E-state index is -0.496. The van der Waals surface area contributed by atoms with Gasteiger partial charge in [-0.2, -0.15) is 0 Å². The third kappa shape index (κ3) is 3.90. The van der Waals surface area contributed by atoms with Gasteiger partial charge in [-0.15, -0.1) is 0 Å². The van der Waals surface area contributed by atoms with Crippen molar-refractivity contribution >= 4 is 19.5 Å². The van der Waals surface area contributed by atoms with Gasteiger partial charge in [-0.1, -0.05) is 12.0 Å². The molecule has 0 aromatic carbocycles. The van der Waals surface area contributed by atoms with Crippen molar-refractivity contribution < 1.29 is 4.52 Å². The third-order valence-electron chi connectivity index (χ3n) is 3.30. The highest BCUT2D eigenvalue weighted by Gasteiger charge is 2.19. The summed E-state index contributed by atoms with van der Waals surface area (Å²) in [6.45, 7) is 7.28. The second-order valence-corrected chi connectivity index (χ2v) is 7.02. The van der Waals surface area contributed by atoms with E-state index in [2.05, 4.69) is 43.7 Å².